The van der Waals surface area contributed by atoms with Crippen molar-refractivity contribution in [1.82, 2.24) is 14.7 Å². The van der Waals surface area contributed by atoms with Gasteiger partial charge in [0.2, 0.25) is 0 Å². The fourth-order valence-corrected chi connectivity index (χ4v) is 2.76. The molecule has 1 aliphatic heterocycles. The Labute approximate surface area is 126 Å². The van der Waals surface area contributed by atoms with E-state index in [1.54, 1.807) is 13.3 Å². The fraction of sp³-hybridized carbons (Fsp3) is 0.800. The number of ether oxygens (including phenoxy) is 2. The first-order valence-corrected chi connectivity index (χ1v) is 7.71. The van der Waals surface area contributed by atoms with Gasteiger partial charge in [-0.2, -0.15) is 5.10 Å². The molecule has 1 aliphatic rings. The van der Waals surface area contributed by atoms with Crippen molar-refractivity contribution in [1.29, 1.82) is 0 Å². The molecular weight excluding hydrogens is 270 g/mol. The van der Waals surface area contributed by atoms with Crippen LogP contribution in [0.4, 0.5) is 0 Å². The third-order valence-corrected chi connectivity index (χ3v) is 3.99. The van der Waals surface area contributed by atoms with Crippen LogP contribution in [-0.2, 0) is 11.3 Å². The number of nitrogens with zero attached hydrogens (tertiary/aromatic N) is 3. The Hall–Kier alpha value is -1.11. The molecule has 0 aromatic carbocycles. The van der Waals surface area contributed by atoms with Crippen molar-refractivity contribution in [2.75, 3.05) is 26.8 Å². The highest BCUT2D eigenvalue weighted by Crippen LogP contribution is 2.30. The molecule has 2 atom stereocenters. The highest BCUT2D eigenvalue weighted by atomic mass is 16.5. The lowest BCUT2D eigenvalue weighted by Crippen LogP contribution is -2.48. The van der Waals surface area contributed by atoms with Crippen molar-refractivity contribution < 1.29 is 14.6 Å². The van der Waals surface area contributed by atoms with Crippen molar-refractivity contribution >= 4 is 0 Å². The van der Waals surface area contributed by atoms with Gasteiger partial charge in [0.1, 0.15) is 17.9 Å². The van der Waals surface area contributed by atoms with Crippen LogP contribution in [-0.4, -0.2) is 58.7 Å². The Morgan fingerprint density at radius 1 is 1.52 bits per heavy atom. The second-order valence-electron chi connectivity index (χ2n) is 5.76. The van der Waals surface area contributed by atoms with Crippen LogP contribution in [0.25, 0.3) is 0 Å². The monoisotopic (exact) mass is 297 g/mol. The third kappa shape index (κ3) is 3.56. The number of methoxy groups -OCH3 is 1. The maximum Gasteiger partial charge on any atom is 0.162 e. The normalized spacial score (nSPS) is 21.7. The Balaban J connectivity index is 2.18. The lowest BCUT2D eigenvalue weighted by atomic mass is 10.1. The topological polar surface area (TPSA) is 59.8 Å². The molecule has 1 N–H and O–H groups in total. The van der Waals surface area contributed by atoms with Crippen molar-refractivity contribution in [2.24, 2.45) is 0 Å². The Morgan fingerprint density at radius 3 is 2.90 bits per heavy atom. The zero-order valence-corrected chi connectivity index (χ0v) is 13.5. The number of aliphatic hydroxyl groups excluding tert-OH is 1. The van der Waals surface area contributed by atoms with Gasteiger partial charge in [0.05, 0.1) is 19.9 Å². The van der Waals surface area contributed by atoms with Crippen LogP contribution in [0.3, 0.4) is 0 Å². The summed E-state index contributed by atoms with van der Waals surface area (Å²) in [6.45, 7) is 9.45. The van der Waals surface area contributed by atoms with Gasteiger partial charge in [0.25, 0.3) is 0 Å². The van der Waals surface area contributed by atoms with Crippen molar-refractivity contribution in [3.63, 3.8) is 0 Å². The second-order valence-corrected chi connectivity index (χ2v) is 5.76. The molecule has 2 unspecified atom stereocenters. The number of hydrogen-bond donors (Lipinski definition) is 1. The zero-order valence-electron chi connectivity index (χ0n) is 13.5. The van der Waals surface area contributed by atoms with E-state index in [1.807, 2.05) is 4.68 Å². The molecule has 1 saturated heterocycles. The van der Waals surface area contributed by atoms with Gasteiger partial charge in [-0.15, -0.1) is 0 Å². The van der Waals surface area contributed by atoms with Crippen LogP contribution in [0.1, 0.15) is 39.0 Å². The molecule has 2 heterocycles. The average Bonchev–Trinajstić information content (AvgIpc) is 2.89. The van der Waals surface area contributed by atoms with E-state index in [9.17, 15) is 5.11 Å². The number of hydrogen-bond acceptors (Lipinski definition) is 5. The smallest absolute Gasteiger partial charge is 0.162 e. The summed E-state index contributed by atoms with van der Waals surface area (Å²) in [4.78, 5) is 2.32. The third-order valence-electron chi connectivity index (χ3n) is 3.99. The van der Waals surface area contributed by atoms with E-state index >= 15 is 0 Å². The van der Waals surface area contributed by atoms with Crippen LogP contribution in [0.5, 0.6) is 5.75 Å². The van der Waals surface area contributed by atoms with Gasteiger partial charge < -0.3 is 14.6 Å². The summed E-state index contributed by atoms with van der Waals surface area (Å²) in [5, 5.41) is 15.1. The summed E-state index contributed by atoms with van der Waals surface area (Å²) < 4.78 is 13.0. The zero-order chi connectivity index (χ0) is 15.4. The maximum absolute atomic E-state index is 10.8. The van der Waals surface area contributed by atoms with Crippen LogP contribution >= 0.6 is 0 Å². The average molecular weight is 297 g/mol. The molecule has 6 nitrogen and oxygen atoms in total. The Morgan fingerprint density at radius 2 is 2.29 bits per heavy atom. The summed E-state index contributed by atoms with van der Waals surface area (Å²) in [5.74, 6) is 0.626. The molecule has 1 aromatic heterocycles. The fourth-order valence-electron chi connectivity index (χ4n) is 2.76. The molecule has 0 radical (unpaired) electrons. The molecule has 6 heteroatoms. The second kappa shape index (κ2) is 7.24. The number of aliphatic hydroxyl groups is 1. The molecule has 0 spiro atoms. The van der Waals surface area contributed by atoms with Crippen molar-refractivity contribution in [2.45, 2.75) is 52.0 Å². The van der Waals surface area contributed by atoms with E-state index in [0.717, 1.165) is 31.7 Å². The summed E-state index contributed by atoms with van der Waals surface area (Å²) in [7, 11) is 1.60. The van der Waals surface area contributed by atoms with Gasteiger partial charge >= 0.3 is 0 Å². The van der Waals surface area contributed by atoms with Gasteiger partial charge in [-0.05, 0) is 20.3 Å². The van der Waals surface area contributed by atoms with Crippen LogP contribution in [0.15, 0.2) is 6.20 Å². The number of aromatic nitrogens is 2. The molecule has 2 rings (SSSR count). The SMILES string of the molecule is CCCn1ncc(OC)c1C(O)C1CN(C(C)C)CCO1. The minimum absolute atomic E-state index is 0.248. The van der Waals surface area contributed by atoms with Gasteiger partial charge in [0, 0.05) is 25.7 Å². The molecule has 1 fully saturated rings. The Bertz CT molecular complexity index is 447. The van der Waals surface area contributed by atoms with Crippen LogP contribution < -0.4 is 4.74 Å². The largest absolute Gasteiger partial charge is 0.493 e. The van der Waals surface area contributed by atoms with Crippen LogP contribution in [0.2, 0.25) is 0 Å². The molecule has 120 valence electrons. The van der Waals surface area contributed by atoms with E-state index in [0.29, 0.717) is 18.4 Å². The minimum Gasteiger partial charge on any atom is -0.493 e. The predicted octanol–water partition coefficient (Wildman–Crippen LogP) is 1.44. The summed E-state index contributed by atoms with van der Waals surface area (Å²) in [5.41, 5.74) is 0.718. The lowest BCUT2D eigenvalue weighted by molar-refractivity contribution is -0.0987. The maximum atomic E-state index is 10.8. The predicted molar refractivity (Wildman–Crippen MR) is 80.5 cm³/mol. The highest BCUT2D eigenvalue weighted by Gasteiger charge is 2.33. The summed E-state index contributed by atoms with van der Waals surface area (Å²) in [6.07, 6.45) is 1.64. The molecule has 1 aromatic rings. The standard InChI is InChI=1S/C15H27N3O3/c1-5-6-18-14(12(20-4)9-16-18)15(19)13-10-17(11(2)3)7-8-21-13/h9,11,13,15,19H,5-8,10H2,1-4H3. The molecular formula is C15H27N3O3. The molecule has 0 bridgehead atoms. The van der Waals surface area contributed by atoms with Gasteiger partial charge in [-0.25, -0.2) is 0 Å². The number of morpholine rings is 1. The van der Waals surface area contributed by atoms with Gasteiger partial charge in [-0.3, -0.25) is 9.58 Å². The van der Waals surface area contributed by atoms with E-state index < -0.39 is 6.10 Å². The molecule has 0 saturated carbocycles. The first-order valence-electron chi connectivity index (χ1n) is 7.71. The number of rotatable bonds is 6. The van der Waals surface area contributed by atoms with Crippen molar-refractivity contribution in [3.8, 4) is 5.75 Å². The minimum atomic E-state index is -0.726. The quantitative estimate of drug-likeness (QED) is 0.861. The van der Waals surface area contributed by atoms with Gasteiger partial charge in [-0.1, -0.05) is 6.92 Å². The molecule has 0 aliphatic carbocycles. The molecule has 21 heavy (non-hydrogen) atoms. The highest BCUT2D eigenvalue weighted by molar-refractivity contribution is 5.28. The first kappa shape index (κ1) is 16.3. The van der Waals surface area contributed by atoms with E-state index in [2.05, 4.69) is 30.8 Å². The number of aryl methyl sites for hydroxylation is 1. The van der Waals surface area contributed by atoms with E-state index in [-0.39, 0.29) is 6.10 Å². The van der Waals surface area contributed by atoms with Gasteiger partial charge in [0.15, 0.2) is 5.75 Å². The molecule has 0 amide bonds. The Kier molecular flexibility index (Phi) is 5.61. The van der Waals surface area contributed by atoms with Crippen LogP contribution in [0, 0.1) is 0 Å². The van der Waals surface area contributed by atoms with E-state index in [4.69, 9.17) is 9.47 Å². The van der Waals surface area contributed by atoms with Crippen molar-refractivity contribution in [3.05, 3.63) is 11.9 Å². The summed E-state index contributed by atoms with van der Waals surface area (Å²) >= 11 is 0. The lowest BCUT2D eigenvalue weighted by Gasteiger charge is -2.37. The summed E-state index contributed by atoms with van der Waals surface area (Å²) in [6, 6.07) is 0.450. The first-order chi connectivity index (χ1) is 10.1. The van der Waals surface area contributed by atoms with E-state index in [1.165, 1.54) is 0 Å².